The Morgan fingerprint density at radius 3 is 2.47 bits per heavy atom. The van der Waals surface area contributed by atoms with Crippen LogP contribution in [0.5, 0.6) is 0 Å². The van der Waals surface area contributed by atoms with Crippen molar-refractivity contribution in [1.82, 2.24) is 0 Å². The highest BCUT2D eigenvalue weighted by Crippen LogP contribution is 2.37. The Morgan fingerprint density at radius 1 is 1.37 bits per heavy atom. The zero-order valence-corrected chi connectivity index (χ0v) is 11.8. The fraction of sp³-hybridized carbons (Fsp3) is 0.500. The van der Waals surface area contributed by atoms with Crippen LogP contribution in [0.3, 0.4) is 0 Å². The molecular formula is C16H21NO2. The second-order valence-corrected chi connectivity index (χ2v) is 4.67. The molecule has 3 heteroatoms. The summed E-state index contributed by atoms with van der Waals surface area (Å²) in [5, 5.41) is 9.69. The minimum absolute atomic E-state index is 0.304. The summed E-state index contributed by atoms with van der Waals surface area (Å²) in [6.07, 6.45) is 1.49. The first-order valence-electron chi connectivity index (χ1n) is 6.75. The molecule has 0 saturated carbocycles. The van der Waals surface area contributed by atoms with Gasteiger partial charge in [0, 0.05) is 0 Å². The number of rotatable bonds is 6. The van der Waals surface area contributed by atoms with E-state index in [1.807, 2.05) is 37.3 Å². The maximum atomic E-state index is 12.0. The molecule has 0 fully saturated rings. The van der Waals surface area contributed by atoms with Crippen LogP contribution in [0.1, 0.15) is 39.2 Å². The van der Waals surface area contributed by atoms with Gasteiger partial charge < -0.3 is 4.74 Å². The van der Waals surface area contributed by atoms with Crippen molar-refractivity contribution in [2.45, 2.75) is 39.0 Å². The van der Waals surface area contributed by atoms with Crippen LogP contribution in [0.15, 0.2) is 30.3 Å². The van der Waals surface area contributed by atoms with Crippen LogP contribution in [0, 0.1) is 17.2 Å². The second-order valence-electron chi connectivity index (χ2n) is 4.67. The number of hydrogen-bond acceptors (Lipinski definition) is 3. The Kier molecular flexibility index (Phi) is 5.57. The minimum atomic E-state index is -0.803. The Morgan fingerprint density at radius 2 is 2.00 bits per heavy atom. The highest BCUT2D eigenvalue weighted by molar-refractivity contribution is 5.75. The van der Waals surface area contributed by atoms with Crippen molar-refractivity contribution < 1.29 is 9.53 Å². The van der Waals surface area contributed by atoms with Gasteiger partial charge in [-0.3, -0.25) is 4.79 Å². The molecule has 3 nitrogen and oxygen atoms in total. The van der Waals surface area contributed by atoms with E-state index in [0.29, 0.717) is 13.0 Å². The van der Waals surface area contributed by atoms with E-state index in [1.165, 1.54) is 0 Å². The lowest BCUT2D eigenvalue weighted by molar-refractivity contribution is -0.149. The average Bonchev–Trinajstić information content (AvgIpc) is 2.45. The van der Waals surface area contributed by atoms with Crippen molar-refractivity contribution in [2.75, 3.05) is 6.61 Å². The molecule has 2 atom stereocenters. The number of ether oxygens (including phenoxy) is 1. The van der Waals surface area contributed by atoms with E-state index in [4.69, 9.17) is 4.74 Å². The van der Waals surface area contributed by atoms with Gasteiger partial charge in [0.15, 0.2) is 0 Å². The van der Waals surface area contributed by atoms with E-state index in [1.54, 1.807) is 13.8 Å². The number of nitriles is 1. The summed E-state index contributed by atoms with van der Waals surface area (Å²) < 4.78 is 5.09. The van der Waals surface area contributed by atoms with Gasteiger partial charge in [-0.1, -0.05) is 50.6 Å². The van der Waals surface area contributed by atoms with Gasteiger partial charge in [-0.05, 0) is 18.9 Å². The molecule has 0 aliphatic heterocycles. The summed E-state index contributed by atoms with van der Waals surface area (Å²) in [4.78, 5) is 12.0. The molecule has 0 amide bonds. The molecule has 0 radical (unpaired) electrons. The molecule has 0 aliphatic carbocycles. The Labute approximate surface area is 115 Å². The number of nitrogens with zero attached hydrogens (tertiary/aromatic N) is 1. The van der Waals surface area contributed by atoms with E-state index < -0.39 is 11.3 Å². The summed E-state index contributed by atoms with van der Waals surface area (Å²) >= 11 is 0. The van der Waals surface area contributed by atoms with Crippen LogP contribution in [0.2, 0.25) is 0 Å². The Bertz CT molecular complexity index is 450. The number of benzene rings is 1. The standard InChI is InChI=1S/C16H21NO2/c1-4-11-16(12-17,13(3)15(18)19-5-2)14-9-7-6-8-10-14/h6-10,13H,4-5,11H2,1-3H3/t13-,16-/m0/s1. The molecule has 0 bridgehead atoms. The third-order valence-electron chi connectivity index (χ3n) is 3.51. The van der Waals surface area contributed by atoms with Gasteiger partial charge in [-0.25, -0.2) is 0 Å². The monoisotopic (exact) mass is 259 g/mol. The van der Waals surface area contributed by atoms with Crippen LogP contribution >= 0.6 is 0 Å². The molecule has 0 unspecified atom stereocenters. The summed E-state index contributed by atoms with van der Waals surface area (Å²) in [6.45, 7) is 5.92. The first-order chi connectivity index (χ1) is 9.12. The maximum absolute atomic E-state index is 12.0. The van der Waals surface area contributed by atoms with Crippen molar-refractivity contribution >= 4 is 5.97 Å². The van der Waals surface area contributed by atoms with Crippen LogP contribution < -0.4 is 0 Å². The molecule has 1 rings (SSSR count). The predicted molar refractivity (Wildman–Crippen MR) is 74.4 cm³/mol. The normalized spacial score (nSPS) is 15.1. The molecule has 1 aromatic carbocycles. The quantitative estimate of drug-likeness (QED) is 0.735. The smallest absolute Gasteiger partial charge is 0.310 e. The van der Waals surface area contributed by atoms with E-state index in [2.05, 4.69) is 6.07 Å². The van der Waals surface area contributed by atoms with Crippen LogP contribution in [-0.4, -0.2) is 12.6 Å². The van der Waals surface area contributed by atoms with E-state index in [-0.39, 0.29) is 5.97 Å². The van der Waals surface area contributed by atoms with Crippen molar-refractivity contribution in [3.63, 3.8) is 0 Å². The molecule has 0 aromatic heterocycles. The average molecular weight is 259 g/mol. The number of carbonyl (C=O) groups is 1. The second kappa shape index (κ2) is 6.94. The molecule has 1 aromatic rings. The van der Waals surface area contributed by atoms with Crippen LogP contribution in [0.25, 0.3) is 0 Å². The van der Waals surface area contributed by atoms with Gasteiger partial charge in [0.1, 0.15) is 0 Å². The van der Waals surface area contributed by atoms with Crippen molar-refractivity contribution in [3.05, 3.63) is 35.9 Å². The highest BCUT2D eigenvalue weighted by atomic mass is 16.5. The fourth-order valence-electron chi connectivity index (χ4n) is 2.43. The first-order valence-corrected chi connectivity index (χ1v) is 6.75. The number of esters is 1. The summed E-state index contributed by atoms with van der Waals surface area (Å²) in [7, 11) is 0. The number of carbonyl (C=O) groups excluding carboxylic acids is 1. The van der Waals surface area contributed by atoms with Gasteiger partial charge in [0.05, 0.1) is 24.0 Å². The molecule has 102 valence electrons. The summed E-state index contributed by atoms with van der Waals surface area (Å²) in [5.74, 6) is -0.777. The molecule has 0 heterocycles. The third kappa shape index (κ3) is 3.14. The molecular weight excluding hydrogens is 238 g/mol. The molecule has 0 N–H and O–H groups in total. The van der Waals surface area contributed by atoms with Crippen molar-refractivity contribution in [3.8, 4) is 6.07 Å². The third-order valence-corrected chi connectivity index (χ3v) is 3.51. The SMILES string of the molecule is CCC[C@@](C#N)(c1ccccc1)[C@@H](C)C(=O)OCC. The minimum Gasteiger partial charge on any atom is -0.466 e. The lowest BCUT2D eigenvalue weighted by Crippen LogP contribution is -2.38. The largest absolute Gasteiger partial charge is 0.466 e. The maximum Gasteiger partial charge on any atom is 0.310 e. The lowest BCUT2D eigenvalue weighted by atomic mass is 9.69. The van der Waals surface area contributed by atoms with Crippen LogP contribution in [0.4, 0.5) is 0 Å². The van der Waals surface area contributed by atoms with Crippen molar-refractivity contribution in [1.29, 1.82) is 5.26 Å². The topological polar surface area (TPSA) is 50.1 Å². The Hall–Kier alpha value is -1.82. The first kappa shape index (κ1) is 15.2. The van der Waals surface area contributed by atoms with Gasteiger partial charge in [0.2, 0.25) is 0 Å². The highest BCUT2D eigenvalue weighted by Gasteiger charge is 2.42. The fourth-order valence-corrected chi connectivity index (χ4v) is 2.43. The zero-order valence-electron chi connectivity index (χ0n) is 11.8. The summed E-state index contributed by atoms with van der Waals surface area (Å²) in [6, 6.07) is 11.9. The van der Waals surface area contributed by atoms with E-state index in [0.717, 1.165) is 12.0 Å². The molecule has 0 aliphatic rings. The van der Waals surface area contributed by atoms with E-state index in [9.17, 15) is 10.1 Å². The predicted octanol–water partition coefficient (Wildman–Crippen LogP) is 3.45. The van der Waals surface area contributed by atoms with Crippen LogP contribution in [-0.2, 0) is 14.9 Å². The van der Waals surface area contributed by atoms with Gasteiger partial charge in [-0.2, -0.15) is 5.26 Å². The molecule has 19 heavy (non-hydrogen) atoms. The number of hydrogen-bond donors (Lipinski definition) is 0. The molecule has 0 spiro atoms. The molecule has 0 saturated heterocycles. The summed E-state index contributed by atoms with van der Waals surface area (Å²) in [5.41, 5.74) is 0.0855. The van der Waals surface area contributed by atoms with Gasteiger partial charge >= 0.3 is 5.97 Å². The van der Waals surface area contributed by atoms with Crippen molar-refractivity contribution in [2.24, 2.45) is 5.92 Å². The Balaban J connectivity index is 3.20. The van der Waals surface area contributed by atoms with E-state index >= 15 is 0 Å². The zero-order chi connectivity index (χ0) is 14.3. The van der Waals surface area contributed by atoms with Gasteiger partial charge in [-0.15, -0.1) is 0 Å². The lowest BCUT2D eigenvalue weighted by Gasteiger charge is -2.31. The van der Waals surface area contributed by atoms with Gasteiger partial charge in [0.25, 0.3) is 0 Å².